The van der Waals surface area contributed by atoms with Crippen molar-refractivity contribution in [3.05, 3.63) is 47.7 Å². The molecule has 212 valence electrons. The number of nitrogens with one attached hydrogen (secondary N) is 1. The Labute approximate surface area is 228 Å². The summed E-state index contributed by atoms with van der Waals surface area (Å²) < 4.78 is 5.58. The topological polar surface area (TPSA) is 50.8 Å². The number of hydrogen-bond acceptors (Lipinski definition) is 4. The molecule has 5 heteroatoms. The van der Waals surface area contributed by atoms with Crippen LogP contribution in [-0.2, 0) is 14.4 Å². The Hall–Kier alpha value is -1.69. The molecule has 0 bridgehead atoms. The second kappa shape index (κ2) is 21.3. The first-order valence-electron chi connectivity index (χ1n) is 14.9. The fourth-order valence-electron chi connectivity index (χ4n) is 4.53. The van der Waals surface area contributed by atoms with Gasteiger partial charge in [0.15, 0.2) is 6.29 Å². The molecule has 1 saturated heterocycles. The number of rotatable bonds is 10. The number of unbranched alkanes of at least 4 members (excludes halogenated alkanes) is 1. The lowest BCUT2D eigenvalue weighted by Crippen LogP contribution is -2.40. The van der Waals surface area contributed by atoms with E-state index in [2.05, 4.69) is 69.6 Å². The minimum absolute atomic E-state index is 0.0445. The van der Waals surface area contributed by atoms with Gasteiger partial charge in [-0.15, -0.1) is 0 Å². The quantitative estimate of drug-likeness (QED) is 0.297. The second-order valence-electron chi connectivity index (χ2n) is 10.5. The third kappa shape index (κ3) is 15.3. The molecule has 2 fully saturated rings. The molecule has 1 heterocycles. The molecule has 2 unspecified atom stereocenters. The SMILES string of the molecule is CC/C=C(\C)N(C)C(=O)C(CNOC1CCCCO1)CC1CCCC1.CC1=CC=CC=CC1.CCCC. The molecule has 0 aromatic heterocycles. The van der Waals surface area contributed by atoms with Crippen LogP contribution in [-0.4, -0.2) is 37.3 Å². The molecule has 0 radical (unpaired) electrons. The summed E-state index contributed by atoms with van der Waals surface area (Å²) in [4.78, 5) is 20.5. The number of amides is 1. The number of allylic oxidation sites excluding steroid dienone is 8. The highest BCUT2D eigenvalue weighted by Gasteiger charge is 2.28. The summed E-state index contributed by atoms with van der Waals surface area (Å²) in [5, 5.41) is 0. The van der Waals surface area contributed by atoms with E-state index >= 15 is 0 Å². The fraction of sp³-hybridized carbons (Fsp3) is 0.719. The van der Waals surface area contributed by atoms with Crippen LogP contribution in [0, 0.1) is 11.8 Å². The second-order valence-corrected chi connectivity index (χ2v) is 10.5. The number of nitrogens with zero attached hydrogens (tertiary/aromatic N) is 1. The van der Waals surface area contributed by atoms with Gasteiger partial charge >= 0.3 is 0 Å². The minimum atomic E-state index is -0.171. The number of ether oxygens (including phenoxy) is 1. The maximum absolute atomic E-state index is 13.0. The number of hydrogen-bond donors (Lipinski definition) is 1. The monoisotopic (exact) mass is 516 g/mol. The first kappa shape index (κ1) is 33.3. The highest BCUT2D eigenvalue weighted by atomic mass is 16.8. The number of hydroxylamine groups is 1. The molecule has 1 saturated carbocycles. The maximum atomic E-state index is 13.0. The van der Waals surface area contributed by atoms with Crippen molar-refractivity contribution in [3.63, 3.8) is 0 Å². The van der Waals surface area contributed by atoms with Gasteiger partial charge in [-0.1, -0.05) is 101 Å². The van der Waals surface area contributed by atoms with Crippen molar-refractivity contribution < 1.29 is 14.4 Å². The van der Waals surface area contributed by atoms with Crippen LogP contribution >= 0.6 is 0 Å². The zero-order valence-electron chi connectivity index (χ0n) is 24.8. The zero-order chi connectivity index (χ0) is 27.3. The van der Waals surface area contributed by atoms with Gasteiger partial charge in [-0.2, -0.15) is 5.48 Å². The third-order valence-corrected chi connectivity index (χ3v) is 7.16. The molecule has 3 rings (SSSR count). The van der Waals surface area contributed by atoms with Crippen LogP contribution in [0.15, 0.2) is 47.7 Å². The van der Waals surface area contributed by atoms with E-state index in [9.17, 15) is 4.79 Å². The lowest BCUT2D eigenvalue weighted by atomic mass is 9.92. The van der Waals surface area contributed by atoms with E-state index < -0.39 is 0 Å². The Morgan fingerprint density at radius 2 is 1.81 bits per heavy atom. The van der Waals surface area contributed by atoms with Gasteiger partial charge in [-0.3, -0.25) is 9.63 Å². The average Bonchev–Trinajstić information content (AvgIpc) is 3.32. The average molecular weight is 517 g/mol. The van der Waals surface area contributed by atoms with Crippen LogP contribution in [0.4, 0.5) is 0 Å². The molecule has 37 heavy (non-hydrogen) atoms. The van der Waals surface area contributed by atoms with Gasteiger partial charge < -0.3 is 9.64 Å². The van der Waals surface area contributed by atoms with Crippen LogP contribution in [0.25, 0.3) is 0 Å². The van der Waals surface area contributed by atoms with Gasteiger partial charge in [0.25, 0.3) is 0 Å². The van der Waals surface area contributed by atoms with Crippen LogP contribution in [0.5, 0.6) is 0 Å². The van der Waals surface area contributed by atoms with E-state index in [-0.39, 0.29) is 18.1 Å². The Bertz CT molecular complexity index is 712. The molecule has 2 aliphatic carbocycles. The van der Waals surface area contributed by atoms with Crippen molar-refractivity contribution in [2.45, 2.75) is 118 Å². The van der Waals surface area contributed by atoms with Gasteiger partial charge in [0, 0.05) is 32.3 Å². The Balaban J connectivity index is 0.000000469. The Morgan fingerprint density at radius 3 is 2.43 bits per heavy atom. The summed E-state index contributed by atoms with van der Waals surface area (Å²) in [7, 11) is 1.89. The number of carbonyl (C=O) groups is 1. The molecular weight excluding hydrogens is 460 g/mol. The normalized spacial score (nSPS) is 20.6. The summed E-state index contributed by atoms with van der Waals surface area (Å²) in [5.41, 5.74) is 5.50. The van der Waals surface area contributed by atoms with E-state index in [4.69, 9.17) is 9.57 Å². The van der Waals surface area contributed by atoms with Crippen molar-refractivity contribution in [2.75, 3.05) is 20.2 Å². The molecule has 1 N–H and O–H groups in total. The van der Waals surface area contributed by atoms with Crippen molar-refractivity contribution in [2.24, 2.45) is 11.8 Å². The lowest BCUT2D eigenvalue weighted by molar-refractivity contribution is -0.199. The van der Waals surface area contributed by atoms with Crippen molar-refractivity contribution in [3.8, 4) is 0 Å². The molecular formula is C32H56N2O3. The van der Waals surface area contributed by atoms with Gasteiger partial charge in [-0.25, -0.2) is 0 Å². The summed E-state index contributed by atoms with van der Waals surface area (Å²) >= 11 is 0. The highest BCUT2D eigenvalue weighted by Crippen LogP contribution is 2.31. The van der Waals surface area contributed by atoms with Crippen molar-refractivity contribution in [1.82, 2.24) is 10.4 Å². The predicted octanol–water partition coefficient (Wildman–Crippen LogP) is 8.26. The van der Waals surface area contributed by atoms with E-state index in [1.54, 1.807) is 0 Å². The van der Waals surface area contributed by atoms with Crippen LogP contribution in [0.3, 0.4) is 0 Å². The van der Waals surface area contributed by atoms with E-state index in [0.717, 1.165) is 50.8 Å². The molecule has 1 amide bonds. The standard InChI is InChI=1S/C20H36N2O3.C8H10.C4H10/c1-4-9-16(2)22(3)20(23)18(14-17-10-5-6-11-17)15-21-25-19-12-7-8-13-24-19;1-8-6-4-2-3-5-7-8;1-3-4-2/h9,17-19,21H,4-8,10-15H2,1-3H3;2-6H,7H2,1H3;3-4H2,1-2H3/b16-9+;;. The lowest BCUT2D eigenvalue weighted by Gasteiger charge is -2.28. The smallest absolute Gasteiger partial charge is 0.230 e. The summed E-state index contributed by atoms with van der Waals surface area (Å²) in [6.07, 6.45) is 26.3. The van der Waals surface area contributed by atoms with Crippen LogP contribution in [0.2, 0.25) is 0 Å². The molecule has 2 atom stereocenters. The first-order valence-corrected chi connectivity index (χ1v) is 14.9. The van der Waals surface area contributed by atoms with Crippen molar-refractivity contribution in [1.29, 1.82) is 0 Å². The summed E-state index contributed by atoms with van der Waals surface area (Å²) in [6.45, 7) is 11.9. The number of carbonyl (C=O) groups excluding carboxylic acids is 1. The maximum Gasteiger partial charge on any atom is 0.230 e. The van der Waals surface area contributed by atoms with E-state index in [1.807, 2.05) is 18.9 Å². The van der Waals surface area contributed by atoms with Gasteiger partial charge in [-0.05, 0) is 51.9 Å². The Morgan fingerprint density at radius 1 is 1.11 bits per heavy atom. The van der Waals surface area contributed by atoms with Gasteiger partial charge in [0.2, 0.25) is 5.91 Å². The molecule has 5 nitrogen and oxygen atoms in total. The minimum Gasteiger partial charge on any atom is -0.351 e. The predicted molar refractivity (Wildman–Crippen MR) is 157 cm³/mol. The molecule has 0 aromatic rings. The molecule has 1 aliphatic heterocycles. The highest BCUT2D eigenvalue weighted by molar-refractivity contribution is 5.80. The molecule has 0 spiro atoms. The van der Waals surface area contributed by atoms with E-state index in [0.29, 0.717) is 12.5 Å². The first-order chi connectivity index (χ1) is 17.9. The summed E-state index contributed by atoms with van der Waals surface area (Å²) in [6, 6.07) is 0. The summed E-state index contributed by atoms with van der Waals surface area (Å²) in [5.74, 6) is 0.817. The fourth-order valence-corrected chi connectivity index (χ4v) is 4.53. The van der Waals surface area contributed by atoms with Gasteiger partial charge in [0.05, 0.1) is 5.92 Å². The van der Waals surface area contributed by atoms with Crippen molar-refractivity contribution >= 4 is 5.91 Å². The van der Waals surface area contributed by atoms with Gasteiger partial charge in [0.1, 0.15) is 0 Å². The molecule has 0 aromatic carbocycles. The largest absolute Gasteiger partial charge is 0.351 e. The third-order valence-electron chi connectivity index (χ3n) is 7.16. The van der Waals surface area contributed by atoms with Crippen LogP contribution < -0.4 is 5.48 Å². The Kier molecular flexibility index (Phi) is 19.2. The van der Waals surface area contributed by atoms with Crippen LogP contribution in [0.1, 0.15) is 112 Å². The zero-order valence-corrected chi connectivity index (χ0v) is 24.8. The van der Waals surface area contributed by atoms with E-state index in [1.165, 1.54) is 44.1 Å². The molecule has 3 aliphatic rings.